The number of oxazole rings is 1. The fourth-order valence-electron chi connectivity index (χ4n) is 3.43. The summed E-state index contributed by atoms with van der Waals surface area (Å²) in [7, 11) is 0.701. The topological polar surface area (TPSA) is 132 Å². The first-order chi connectivity index (χ1) is 17.1. The van der Waals surface area contributed by atoms with Crippen molar-refractivity contribution in [2.45, 2.75) is 45.7 Å². The lowest BCUT2D eigenvalue weighted by molar-refractivity contribution is -0.157. The van der Waals surface area contributed by atoms with E-state index in [1.54, 1.807) is 33.7 Å². The molecule has 0 spiro atoms. The van der Waals surface area contributed by atoms with Gasteiger partial charge in [0, 0.05) is 13.0 Å². The second-order valence-electron chi connectivity index (χ2n) is 9.20. The smallest absolute Gasteiger partial charge is 0.394 e. The number of nitrogens with one attached hydrogen (secondary N) is 2. The molecule has 1 atom stereocenters. The Balaban J connectivity index is 1.91. The molecule has 1 amide bonds. The number of esters is 1. The van der Waals surface area contributed by atoms with Gasteiger partial charge in [-0.3, -0.25) is 4.79 Å². The number of amides is 1. The monoisotopic (exact) mass is 497 g/mol. The summed E-state index contributed by atoms with van der Waals surface area (Å²) in [6.45, 7) is 7.35. The molecule has 2 aromatic carbocycles. The van der Waals surface area contributed by atoms with Crippen molar-refractivity contribution >= 4 is 30.0 Å². The highest BCUT2D eigenvalue weighted by Gasteiger charge is 2.29. The minimum absolute atomic E-state index is 0.0187. The highest BCUT2D eigenvalue weighted by molar-refractivity contribution is 6.45. The van der Waals surface area contributed by atoms with Crippen molar-refractivity contribution in [3.63, 3.8) is 0 Å². The highest BCUT2D eigenvalue weighted by Crippen LogP contribution is 2.32. The van der Waals surface area contributed by atoms with Crippen molar-refractivity contribution in [1.29, 1.82) is 0 Å². The summed E-state index contributed by atoms with van der Waals surface area (Å²) in [6, 6.07) is 11.5. The molecule has 3 aromatic rings. The molecule has 1 unspecified atom stereocenters. The predicted octanol–water partition coefficient (Wildman–Crippen LogP) is 2.60. The molecule has 0 radical (unpaired) electrons. The Bertz CT molecular complexity index is 1180. The fourth-order valence-corrected chi connectivity index (χ4v) is 3.43. The number of rotatable bonds is 11. The van der Waals surface area contributed by atoms with Gasteiger partial charge in [0.1, 0.15) is 11.6 Å². The van der Waals surface area contributed by atoms with E-state index in [0.717, 1.165) is 5.56 Å². The Morgan fingerprint density at radius 3 is 2.53 bits per heavy atom. The van der Waals surface area contributed by atoms with Crippen LogP contribution in [-0.2, 0) is 16.0 Å². The minimum Gasteiger partial charge on any atom is -0.489 e. The minimum atomic E-state index is -0.938. The van der Waals surface area contributed by atoms with E-state index in [4.69, 9.17) is 18.6 Å². The van der Waals surface area contributed by atoms with Crippen LogP contribution in [0.4, 0.5) is 0 Å². The van der Waals surface area contributed by atoms with Crippen LogP contribution >= 0.6 is 0 Å². The molecule has 3 rings (SSSR count). The van der Waals surface area contributed by atoms with E-state index in [2.05, 4.69) is 15.5 Å². The number of nitrogens with zero attached hydrogens (tertiary/aromatic N) is 1. The maximum Gasteiger partial charge on any atom is 0.394 e. The standard InChI is InChI=1S/C25H32BN3O7/c1-25(2,3)36-23(31)18(15-16-9-7-6-8-10-16)28-22(30)17-11-12-19-20(29-24(33-5)35-19)21(17)34-14-13-27-26(4)32/h6-12,18,27,32H,13-15H2,1-5H3,(H,28,30). The van der Waals surface area contributed by atoms with Crippen LogP contribution < -0.4 is 20.0 Å². The van der Waals surface area contributed by atoms with Crippen LogP contribution in [0.2, 0.25) is 6.82 Å². The number of fused-ring (bicyclic) bond motifs is 1. The first-order valence-electron chi connectivity index (χ1n) is 11.7. The van der Waals surface area contributed by atoms with Crippen molar-refractivity contribution in [3.8, 4) is 11.8 Å². The summed E-state index contributed by atoms with van der Waals surface area (Å²) < 4.78 is 22.1. The van der Waals surface area contributed by atoms with Crippen molar-refractivity contribution in [3.05, 3.63) is 53.6 Å². The molecule has 11 heteroatoms. The number of ether oxygens (including phenoxy) is 3. The number of carbonyl (C=O) groups is 2. The van der Waals surface area contributed by atoms with Crippen molar-refractivity contribution in [2.24, 2.45) is 0 Å². The molecule has 0 bridgehead atoms. The molecular weight excluding hydrogens is 465 g/mol. The summed E-state index contributed by atoms with van der Waals surface area (Å²) in [4.78, 5) is 30.7. The first-order valence-corrected chi connectivity index (χ1v) is 11.7. The Labute approximate surface area is 210 Å². The number of hydrogen-bond acceptors (Lipinski definition) is 9. The third kappa shape index (κ3) is 7.46. The third-order valence-corrected chi connectivity index (χ3v) is 4.98. The number of methoxy groups -OCH3 is 1. The molecule has 3 N–H and O–H groups in total. The van der Waals surface area contributed by atoms with Gasteiger partial charge in [0.05, 0.1) is 19.3 Å². The molecule has 0 saturated carbocycles. The second-order valence-corrected chi connectivity index (χ2v) is 9.20. The quantitative estimate of drug-likeness (QED) is 0.208. The molecule has 0 aliphatic carbocycles. The largest absolute Gasteiger partial charge is 0.489 e. The summed E-state index contributed by atoms with van der Waals surface area (Å²) >= 11 is 0. The average Bonchev–Trinajstić information content (AvgIpc) is 3.24. The summed E-state index contributed by atoms with van der Waals surface area (Å²) in [5, 5.41) is 15.1. The molecule has 10 nitrogen and oxygen atoms in total. The molecule has 0 fully saturated rings. The van der Waals surface area contributed by atoms with Gasteiger partial charge < -0.3 is 34.2 Å². The van der Waals surface area contributed by atoms with Gasteiger partial charge in [-0.25, -0.2) is 4.79 Å². The fraction of sp³-hybridized carbons (Fsp3) is 0.400. The Morgan fingerprint density at radius 2 is 1.89 bits per heavy atom. The highest BCUT2D eigenvalue weighted by atomic mass is 16.6. The summed E-state index contributed by atoms with van der Waals surface area (Å²) in [5.41, 5.74) is 0.976. The van der Waals surface area contributed by atoms with Crippen LogP contribution in [0.1, 0.15) is 36.7 Å². The summed E-state index contributed by atoms with van der Waals surface area (Å²) in [6.07, 6.45) is 0.265. The predicted molar refractivity (Wildman–Crippen MR) is 135 cm³/mol. The number of carbonyl (C=O) groups excluding carboxylic acids is 2. The van der Waals surface area contributed by atoms with Gasteiger partial charge >= 0.3 is 19.1 Å². The van der Waals surface area contributed by atoms with Crippen molar-refractivity contribution < 1.29 is 33.2 Å². The van der Waals surface area contributed by atoms with Gasteiger partial charge in [-0.2, -0.15) is 4.98 Å². The van der Waals surface area contributed by atoms with E-state index in [9.17, 15) is 14.6 Å². The van der Waals surface area contributed by atoms with Gasteiger partial charge in [0.2, 0.25) is 0 Å². The lowest BCUT2D eigenvalue weighted by Crippen LogP contribution is -2.45. The maximum atomic E-state index is 13.5. The van der Waals surface area contributed by atoms with Gasteiger partial charge in [-0.1, -0.05) is 30.3 Å². The van der Waals surface area contributed by atoms with Crippen molar-refractivity contribution in [2.75, 3.05) is 20.3 Å². The molecule has 36 heavy (non-hydrogen) atoms. The van der Waals surface area contributed by atoms with E-state index < -0.39 is 30.6 Å². The maximum absolute atomic E-state index is 13.5. The molecule has 192 valence electrons. The number of aromatic nitrogens is 1. The molecule has 0 aliphatic heterocycles. The van der Waals surface area contributed by atoms with Crippen molar-refractivity contribution in [1.82, 2.24) is 15.5 Å². The van der Waals surface area contributed by atoms with Gasteiger partial charge in [-0.05, 0) is 45.3 Å². The van der Waals surface area contributed by atoms with Crippen LogP contribution in [0.15, 0.2) is 46.9 Å². The van der Waals surface area contributed by atoms with Crippen LogP contribution in [0, 0.1) is 0 Å². The molecular formula is C25H32BN3O7. The van der Waals surface area contributed by atoms with E-state index in [0.29, 0.717) is 17.6 Å². The number of hydrogen-bond donors (Lipinski definition) is 3. The van der Waals surface area contributed by atoms with Crippen LogP contribution in [0.3, 0.4) is 0 Å². The lowest BCUT2D eigenvalue weighted by atomic mass is 9.89. The van der Waals surface area contributed by atoms with E-state index in [-0.39, 0.29) is 30.4 Å². The normalized spacial score (nSPS) is 12.2. The third-order valence-electron chi connectivity index (χ3n) is 4.98. The Hall–Kier alpha value is -3.57. The van der Waals surface area contributed by atoms with Gasteiger partial charge in [0.15, 0.2) is 16.8 Å². The molecule has 1 heterocycles. The van der Waals surface area contributed by atoms with Gasteiger partial charge in [0.25, 0.3) is 5.91 Å². The van der Waals surface area contributed by atoms with E-state index in [1.807, 2.05) is 30.3 Å². The average molecular weight is 497 g/mol. The molecule has 1 aromatic heterocycles. The van der Waals surface area contributed by atoms with Crippen LogP contribution in [0.5, 0.6) is 11.8 Å². The van der Waals surface area contributed by atoms with E-state index >= 15 is 0 Å². The lowest BCUT2D eigenvalue weighted by Gasteiger charge is -2.25. The van der Waals surface area contributed by atoms with E-state index in [1.165, 1.54) is 13.2 Å². The van der Waals surface area contributed by atoms with Crippen LogP contribution in [0.25, 0.3) is 11.1 Å². The Morgan fingerprint density at radius 1 is 1.17 bits per heavy atom. The molecule has 0 saturated heterocycles. The SMILES string of the molecule is COc1nc2c(OCCNB(C)O)c(C(=O)NC(Cc3ccccc3)C(=O)OC(C)(C)C)ccc2o1. The zero-order valence-corrected chi connectivity index (χ0v) is 21.2. The second kappa shape index (κ2) is 11.9. The Kier molecular flexibility index (Phi) is 8.95. The van der Waals surface area contributed by atoms with Gasteiger partial charge in [-0.15, -0.1) is 0 Å². The number of benzene rings is 2. The molecule has 0 aliphatic rings. The zero-order chi connectivity index (χ0) is 26.3. The first kappa shape index (κ1) is 27.0. The zero-order valence-electron chi connectivity index (χ0n) is 21.2. The van der Waals surface area contributed by atoms with Crippen LogP contribution in [-0.4, -0.2) is 60.8 Å². The summed E-state index contributed by atoms with van der Waals surface area (Å²) in [5.74, 6) is -0.913.